The third-order valence-electron chi connectivity index (χ3n) is 4.57. The molecule has 1 saturated heterocycles. The third-order valence-corrected chi connectivity index (χ3v) is 5.54. The van der Waals surface area contributed by atoms with Crippen molar-refractivity contribution in [3.63, 3.8) is 0 Å². The van der Waals surface area contributed by atoms with Crippen LogP contribution >= 0.6 is 11.8 Å². The Bertz CT molecular complexity index is 709. The maximum Gasteiger partial charge on any atom is 0.230 e. The third kappa shape index (κ3) is 5.26. The maximum absolute atomic E-state index is 12.2. The molecule has 0 aromatic carbocycles. The molecule has 1 aliphatic heterocycles. The zero-order chi connectivity index (χ0) is 19.1. The Morgan fingerprint density at radius 2 is 2.07 bits per heavy atom. The number of carbonyl (C=O) groups excluding carboxylic acids is 1. The molecule has 0 spiro atoms. The fourth-order valence-corrected chi connectivity index (χ4v) is 3.72. The molecule has 3 heterocycles. The molecular weight excluding hydrogens is 366 g/mol. The van der Waals surface area contributed by atoms with Gasteiger partial charge in [-0.2, -0.15) is 0 Å². The normalized spacial score (nSPS) is 14.7. The van der Waals surface area contributed by atoms with Gasteiger partial charge in [0.05, 0.1) is 31.8 Å². The van der Waals surface area contributed by atoms with E-state index in [0.29, 0.717) is 30.7 Å². The summed E-state index contributed by atoms with van der Waals surface area (Å²) >= 11 is 1.40. The molecule has 1 N–H and O–H groups in total. The predicted molar refractivity (Wildman–Crippen MR) is 104 cm³/mol. The Kier molecular flexibility index (Phi) is 7.17. The number of thioether (sulfide) groups is 1. The van der Waals surface area contributed by atoms with Crippen LogP contribution in [0.3, 0.4) is 0 Å². The van der Waals surface area contributed by atoms with E-state index in [1.54, 1.807) is 6.26 Å². The molecule has 0 saturated carbocycles. The highest BCUT2D eigenvalue weighted by Crippen LogP contribution is 2.24. The lowest BCUT2D eigenvalue weighted by atomic mass is 10.2. The van der Waals surface area contributed by atoms with Crippen LogP contribution in [0.25, 0.3) is 0 Å². The molecule has 0 radical (unpaired) electrons. The van der Waals surface area contributed by atoms with E-state index in [4.69, 9.17) is 9.15 Å². The summed E-state index contributed by atoms with van der Waals surface area (Å²) in [5.74, 6) is 1.95. The van der Waals surface area contributed by atoms with Crippen molar-refractivity contribution < 1.29 is 13.9 Å². The van der Waals surface area contributed by atoms with Crippen molar-refractivity contribution in [1.29, 1.82) is 0 Å². The van der Waals surface area contributed by atoms with Gasteiger partial charge in [-0.1, -0.05) is 25.6 Å². The standard InChI is InChI=1S/C18H27N5O3S/c1-3-14(4-2)19-16(24)13-27-18-21-20-17(22-7-10-25-11-8-22)23(18)12-15-6-5-9-26-15/h5-6,9,14H,3-4,7-8,10-13H2,1-2H3,(H,19,24). The quantitative estimate of drug-likeness (QED) is 0.653. The maximum atomic E-state index is 12.2. The minimum atomic E-state index is 0.0224. The van der Waals surface area contributed by atoms with Gasteiger partial charge in [-0.3, -0.25) is 9.36 Å². The molecule has 27 heavy (non-hydrogen) atoms. The van der Waals surface area contributed by atoms with Gasteiger partial charge in [0.2, 0.25) is 11.9 Å². The Morgan fingerprint density at radius 1 is 1.30 bits per heavy atom. The molecule has 0 atom stereocenters. The van der Waals surface area contributed by atoms with E-state index in [0.717, 1.165) is 37.6 Å². The molecule has 1 amide bonds. The van der Waals surface area contributed by atoms with Crippen LogP contribution in [0.5, 0.6) is 0 Å². The van der Waals surface area contributed by atoms with Gasteiger partial charge in [0.25, 0.3) is 0 Å². The van der Waals surface area contributed by atoms with Crippen molar-refractivity contribution >= 4 is 23.6 Å². The second-order valence-corrected chi connectivity index (χ2v) is 7.36. The fourth-order valence-electron chi connectivity index (χ4n) is 2.97. The second-order valence-electron chi connectivity index (χ2n) is 6.42. The SMILES string of the molecule is CCC(CC)NC(=O)CSc1nnc(N2CCOCC2)n1Cc1ccco1. The highest BCUT2D eigenvalue weighted by molar-refractivity contribution is 7.99. The van der Waals surface area contributed by atoms with Crippen LogP contribution in [0.4, 0.5) is 5.95 Å². The lowest BCUT2D eigenvalue weighted by Gasteiger charge is -2.27. The first-order chi connectivity index (χ1) is 13.2. The van der Waals surface area contributed by atoms with E-state index >= 15 is 0 Å². The first kappa shape index (κ1) is 19.8. The molecule has 148 valence electrons. The number of morpholine rings is 1. The molecule has 2 aromatic rings. The van der Waals surface area contributed by atoms with Gasteiger partial charge in [0.1, 0.15) is 5.76 Å². The topological polar surface area (TPSA) is 85.4 Å². The summed E-state index contributed by atoms with van der Waals surface area (Å²) in [6.07, 6.45) is 3.52. The van der Waals surface area contributed by atoms with E-state index in [9.17, 15) is 4.79 Å². The van der Waals surface area contributed by atoms with Gasteiger partial charge in [0.15, 0.2) is 5.16 Å². The van der Waals surface area contributed by atoms with Crippen molar-refractivity contribution in [2.75, 3.05) is 37.0 Å². The monoisotopic (exact) mass is 393 g/mol. The molecular formula is C18H27N5O3S. The first-order valence-corrected chi connectivity index (χ1v) is 10.4. The molecule has 1 aliphatic rings. The lowest BCUT2D eigenvalue weighted by Crippen LogP contribution is -2.38. The van der Waals surface area contributed by atoms with Crippen LogP contribution in [0, 0.1) is 0 Å². The van der Waals surface area contributed by atoms with Gasteiger partial charge in [0, 0.05) is 19.1 Å². The van der Waals surface area contributed by atoms with Crippen LogP contribution in [-0.4, -0.2) is 58.8 Å². The molecule has 1 fully saturated rings. The van der Waals surface area contributed by atoms with E-state index in [2.05, 4.69) is 34.3 Å². The van der Waals surface area contributed by atoms with Crippen molar-refractivity contribution in [3.8, 4) is 0 Å². The zero-order valence-corrected chi connectivity index (χ0v) is 16.7. The number of anilines is 1. The van der Waals surface area contributed by atoms with E-state index in [-0.39, 0.29) is 11.9 Å². The highest BCUT2D eigenvalue weighted by atomic mass is 32.2. The number of amides is 1. The summed E-state index contributed by atoms with van der Waals surface area (Å²) in [4.78, 5) is 14.4. The Labute approximate surface area is 163 Å². The molecule has 8 nitrogen and oxygen atoms in total. The molecule has 0 unspecified atom stereocenters. The average Bonchev–Trinajstić information content (AvgIpc) is 3.35. The summed E-state index contributed by atoms with van der Waals surface area (Å²) < 4.78 is 13.0. The number of ether oxygens (including phenoxy) is 1. The number of rotatable bonds is 9. The minimum absolute atomic E-state index is 0.0224. The summed E-state index contributed by atoms with van der Waals surface area (Å²) in [5, 5.41) is 12.5. The Morgan fingerprint density at radius 3 is 2.74 bits per heavy atom. The number of hydrogen-bond donors (Lipinski definition) is 1. The number of nitrogens with one attached hydrogen (secondary N) is 1. The average molecular weight is 394 g/mol. The van der Waals surface area contributed by atoms with E-state index < -0.39 is 0 Å². The number of nitrogens with zero attached hydrogens (tertiary/aromatic N) is 4. The number of carbonyl (C=O) groups is 1. The summed E-state index contributed by atoms with van der Waals surface area (Å²) in [5.41, 5.74) is 0. The molecule has 2 aromatic heterocycles. The van der Waals surface area contributed by atoms with Gasteiger partial charge in [-0.15, -0.1) is 10.2 Å². The Hall–Kier alpha value is -2.00. The Balaban J connectivity index is 1.71. The van der Waals surface area contributed by atoms with E-state index in [1.165, 1.54) is 11.8 Å². The van der Waals surface area contributed by atoms with Gasteiger partial charge < -0.3 is 19.4 Å². The van der Waals surface area contributed by atoms with Crippen molar-refractivity contribution in [1.82, 2.24) is 20.1 Å². The summed E-state index contributed by atoms with van der Waals surface area (Å²) in [6.45, 7) is 7.59. The highest BCUT2D eigenvalue weighted by Gasteiger charge is 2.22. The van der Waals surface area contributed by atoms with Gasteiger partial charge in [-0.05, 0) is 25.0 Å². The fraction of sp³-hybridized carbons (Fsp3) is 0.611. The van der Waals surface area contributed by atoms with Gasteiger partial charge in [-0.25, -0.2) is 0 Å². The minimum Gasteiger partial charge on any atom is -0.467 e. The first-order valence-electron chi connectivity index (χ1n) is 9.41. The van der Waals surface area contributed by atoms with Crippen molar-refractivity contribution in [3.05, 3.63) is 24.2 Å². The van der Waals surface area contributed by atoms with Crippen LogP contribution in [0.1, 0.15) is 32.4 Å². The number of furan rings is 1. The second kappa shape index (κ2) is 9.80. The lowest BCUT2D eigenvalue weighted by molar-refractivity contribution is -0.119. The van der Waals surface area contributed by atoms with E-state index in [1.807, 2.05) is 16.7 Å². The molecule has 3 rings (SSSR count). The molecule has 0 bridgehead atoms. The van der Waals surface area contributed by atoms with Gasteiger partial charge >= 0.3 is 0 Å². The van der Waals surface area contributed by atoms with Crippen molar-refractivity contribution in [2.24, 2.45) is 0 Å². The smallest absolute Gasteiger partial charge is 0.230 e. The van der Waals surface area contributed by atoms with Crippen molar-refractivity contribution in [2.45, 2.75) is 44.4 Å². The summed E-state index contributed by atoms with van der Waals surface area (Å²) in [6, 6.07) is 4.02. The molecule has 9 heteroatoms. The number of aromatic nitrogens is 3. The predicted octanol–water partition coefficient (Wildman–Crippen LogP) is 2.15. The summed E-state index contributed by atoms with van der Waals surface area (Å²) in [7, 11) is 0. The van der Waals surface area contributed by atoms with Crippen LogP contribution in [-0.2, 0) is 16.1 Å². The molecule has 0 aliphatic carbocycles. The largest absolute Gasteiger partial charge is 0.467 e. The number of hydrogen-bond acceptors (Lipinski definition) is 7. The zero-order valence-electron chi connectivity index (χ0n) is 15.9. The van der Waals surface area contributed by atoms with Crippen LogP contribution in [0.15, 0.2) is 28.0 Å². The van der Waals surface area contributed by atoms with Crippen LogP contribution < -0.4 is 10.2 Å². The van der Waals surface area contributed by atoms with Crippen LogP contribution in [0.2, 0.25) is 0 Å².